The van der Waals surface area contributed by atoms with Crippen molar-refractivity contribution in [3.63, 3.8) is 0 Å². The van der Waals surface area contributed by atoms with Gasteiger partial charge in [0.25, 0.3) is 6.71 Å². The van der Waals surface area contributed by atoms with Crippen molar-refractivity contribution in [2.24, 2.45) is 0 Å². The number of aryl methyl sites for hydroxylation is 1. The normalized spacial score (nSPS) is 13.0. The maximum Gasteiger partial charge on any atom is 0.252 e. The summed E-state index contributed by atoms with van der Waals surface area (Å²) < 4.78 is 2.56. The van der Waals surface area contributed by atoms with Gasteiger partial charge in [-0.1, -0.05) is 97.1 Å². The van der Waals surface area contributed by atoms with Gasteiger partial charge in [0, 0.05) is 46.1 Å². The lowest BCUT2D eigenvalue weighted by Gasteiger charge is -2.41. The molecule has 0 atom stereocenters. The topological polar surface area (TPSA) is 8.17 Å². The van der Waals surface area contributed by atoms with Crippen molar-refractivity contribution >= 4 is 45.4 Å². The largest absolute Gasteiger partial charge is 0.345 e. The van der Waals surface area contributed by atoms with Crippen molar-refractivity contribution in [1.29, 1.82) is 0 Å². The number of anilines is 2. The standard InChI is InChI=1S/C35H27BN2/c1-22-23(2)38-33-26(22)17-12-19-30(33)36-29-18-10-11-20-31(29)37(3)34-27(24-13-6-4-7-14-24)21-28(35(38)32(34)36)25-15-8-5-9-16-25/h4-21H,1-3H3. The van der Waals surface area contributed by atoms with Crippen LogP contribution in [0.5, 0.6) is 0 Å². The Bertz CT molecular complexity index is 1900. The Balaban J connectivity index is 1.64. The molecule has 3 heteroatoms. The van der Waals surface area contributed by atoms with Crippen LogP contribution in [0.3, 0.4) is 0 Å². The van der Waals surface area contributed by atoms with E-state index >= 15 is 0 Å². The molecule has 0 fully saturated rings. The van der Waals surface area contributed by atoms with E-state index in [1.165, 1.54) is 77.9 Å². The molecule has 6 aromatic rings. The quantitative estimate of drug-likeness (QED) is 0.254. The third-order valence-corrected chi connectivity index (χ3v) is 8.82. The fraction of sp³-hybridized carbons (Fsp3) is 0.0857. The number of hydrogen-bond donors (Lipinski definition) is 0. The molecule has 5 aromatic carbocycles. The van der Waals surface area contributed by atoms with Gasteiger partial charge in [0.15, 0.2) is 0 Å². The number of nitrogens with zero attached hydrogens (tertiary/aromatic N) is 2. The number of fused-ring (bicyclic) bond motifs is 4. The molecule has 0 aliphatic carbocycles. The molecule has 0 bridgehead atoms. The van der Waals surface area contributed by atoms with E-state index in [1.54, 1.807) is 0 Å². The summed E-state index contributed by atoms with van der Waals surface area (Å²) in [4.78, 5) is 2.43. The second-order valence-corrected chi connectivity index (χ2v) is 10.7. The number of aromatic nitrogens is 1. The van der Waals surface area contributed by atoms with Gasteiger partial charge in [0.05, 0.1) is 5.69 Å². The minimum atomic E-state index is 0.170. The van der Waals surface area contributed by atoms with Crippen LogP contribution >= 0.6 is 0 Å². The van der Waals surface area contributed by atoms with E-state index in [4.69, 9.17) is 0 Å². The van der Waals surface area contributed by atoms with Crippen LogP contribution in [0.1, 0.15) is 11.3 Å². The third-order valence-electron chi connectivity index (χ3n) is 8.82. The molecule has 3 heterocycles. The molecule has 0 spiro atoms. The SMILES string of the molecule is Cc1c(C)n2c3c(cccc13)B1c3ccccc3N(C)c3c(-c4ccccc4)cc(-c4ccccc4)c-2c31. The van der Waals surface area contributed by atoms with Crippen molar-refractivity contribution < 1.29 is 0 Å². The highest BCUT2D eigenvalue weighted by molar-refractivity contribution is 7.00. The lowest BCUT2D eigenvalue weighted by molar-refractivity contribution is 1.04. The average molecular weight is 486 g/mol. The van der Waals surface area contributed by atoms with Gasteiger partial charge in [-0.05, 0) is 59.1 Å². The first-order valence-electron chi connectivity index (χ1n) is 13.4. The highest BCUT2D eigenvalue weighted by atomic mass is 15.1. The van der Waals surface area contributed by atoms with E-state index in [0.29, 0.717) is 0 Å². The highest BCUT2D eigenvalue weighted by Gasteiger charge is 2.43. The van der Waals surface area contributed by atoms with Crippen molar-refractivity contribution in [3.8, 4) is 27.9 Å². The fourth-order valence-electron chi connectivity index (χ4n) is 7.03. The smallest absolute Gasteiger partial charge is 0.252 e. The van der Waals surface area contributed by atoms with Crippen LogP contribution in [-0.4, -0.2) is 18.3 Å². The van der Waals surface area contributed by atoms with Crippen LogP contribution in [0.4, 0.5) is 11.4 Å². The van der Waals surface area contributed by atoms with Gasteiger partial charge in [0.2, 0.25) is 0 Å². The van der Waals surface area contributed by atoms with E-state index in [1.807, 2.05) is 0 Å². The predicted octanol–water partition coefficient (Wildman–Crippen LogP) is 6.49. The molecule has 8 rings (SSSR count). The molecule has 2 aliphatic heterocycles. The summed E-state index contributed by atoms with van der Waals surface area (Å²) >= 11 is 0. The zero-order valence-corrected chi connectivity index (χ0v) is 21.9. The minimum Gasteiger partial charge on any atom is -0.345 e. The molecule has 0 amide bonds. The second kappa shape index (κ2) is 7.75. The summed E-state index contributed by atoms with van der Waals surface area (Å²) in [7, 11) is 2.24. The van der Waals surface area contributed by atoms with Crippen LogP contribution in [0.25, 0.3) is 38.8 Å². The summed E-state index contributed by atoms with van der Waals surface area (Å²) in [6.07, 6.45) is 0. The van der Waals surface area contributed by atoms with Gasteiger partial charge in [-0.2, -0.15) is 0 Å². The van der Waals surface area contributed by atoms with Gasteiger partial charge < -0.3 is 9.47 Å². The van der Waals surface area contributed by atoms with Crippen molar-refractivity contribution in [2.75, 3.05) is 11.9 Å². The predicted molar refractivity (Wildman–Crippen MR) is 163 cm³/mol. The maximum atomic E-state index is 2.56. The number of benzene rings is 5. The van der Waals surface area contributed by atoms with Gasteiger partial charge >= 0.3 is 0 Å². The van der Waals surface area contributed by atoms with Gasteiger partial charge in [0.1, 0.15) is 0 Å². The molecule has 0 unspecified atom stereocenters. The molecule has 0 saturated carbocycles. The maximum absolute atomic E-state index is 2.56. The zero-order valence-electron chi connectivity index (χ0n) is 21.9. The lowest BCUT2D eigenvalue weighted by atomic mass is 9.33. The highest BCUT2D eigenvalue weighted by Crippen LogP contribution is 2.44. The summed E-state index contributed by atoms with van der Waals surface area (Å²) in [6.45, 7) is 4.73. The van der Waals surface area contributed by atoms with E-state index in [0.717, 1.165) is 0 Å². The molecule has 2 aliphatic rings. The molecule has 0 radical (unpaired) electrons. The Kier molecular flexibility index (Phi) is 4.40. The number of para-hydroxylation sites is 2. The van der Waals surface area contributed by atoms with Crippen LogP contribution in [0.15, 0.2) is 109 Å². The number of hydrogen-bond acceptors (Lipinski definition) is 1. The van der Waals surface area contributed by atoms with Crippen molar-refractivity contribution in [1.82, 2.24) is 4.57 Å². The Labute approximate surface area is 223 Å². The molecule has 0 N–H and O–H groups in total. The van der Waals surface area contributed by atoms with E-state index in [-0.39, 0.29) is 6.71 Å². The molecule has 0 saturated heterocycles. The Morgan fingerprint density at radius 1 is 0.605 bits per heavy atom. The molecule has 38 heavy (non-hydrogen) atoms. The van der Waals surface area contributed by atoms with E-state index < -0.39 is 0 Å². The fourth-order valence-corrected chi connectivity index (χ4v) is 7.03. The monoisotopic (exact) mass is 486 g/mol. The molecule has 180 valence electrons. The van der Waals surface area contributed by atoms with E-state index in [2.05, 4.69) is 140 Å². The van der Waals surface area contributed by atoms with Gasteiger partial charge in [-0.3, -0.25) is 0 Å². The van der Waals surface area contributed by atoms with Crippen LogP contribution < -0.4 is 21.3 Å². The lowest BCUT2D eigenvalue weighted by Crippen LogP contribution is -2.60. The minimum absolute atomic E-state index is 0.170. The van der Waals surface area contributed by atoms with Gasteiger partial charge in [-0.25, -0.2) is 0 Å². The Hall–Kier alpha value is -4.50. The number of rotatable bonds is 2. The Morgan fingerprint density at radius 2 is 1.21 bits per heavy atom. The molecule has 1 aromatic heterocycles. The van der Waals surface area contributed by atoms with E-state index in [9.17, 15) is 0 Å². The third kappa shape index (κ3) is 2.68. The average Bonchev–Trinajstić information content (AvgIpc) is 3.23. The summed E-state index contributed by atoms with van der Waals surface area (Å²) in [5.74, 6) is 0. The van der Waals surface area contributed by atoms with Gasteiger partial charge in [-0.15, -0.1) is 0 Å². The summed E-state index contributed by atoms with van der Waals surface area (Å²) in [6, 6.07) is 40.1. The molecular formula is C35H27BN2. The first-order chi connectivity index (χ1) is 18.6. The molecule has 2 nitrogen and oxygen atoms in total. The van der Waals surface area contributed by atoms with Crippen LogP contribution in [0, 0.1) is 13.8 Å². The van der Waals surface area contributed by atoms with Crippen LogP contribution in [0.2, 0.25) is 0 Å². The van der Waals surface area contributed by atoms with Crippen molar-refractivity contribution in [3.05, 3.63) is 120 Å². The van der Waals surface area contributed by atoms with Crippen molar-refractivity contribution in [2.45, 2.75) is 13.8 Å². The Morgan fingerprint density at radius 3 is 1.92 bits per heavy atom. The summed E-state index contributed by atoms with van der Waals surface area (Å²) in [5.41, 5.74) is 17.2. The first kappa shape index (κ1) is 21.6. The first-order valence-corrected chi connectivity index (χ1v) is 13.4. The zero-order chi connectivity index (χ0) is 25.5. The second-order valence-electron chi connectivity index (χ2n) is 10.7. The summed E-state index contributed by atoms with van der Waals surface area (Å²) in [5, 5.41) is 1.36. The van der Waals surface area contributed by atoms with Crippen LogP contribution in [-0.2, 0) is 0 Å². The molecular weight excluding hydrogens is 459 g/mol.